The normalized spacial score (nSPS) is 14.8. The summed E-state index contributed by atoms with van der Waals surface area (Å²) in [6.45, 7) is 6.29. The number of rotatable bonds is 7. The Kier molecular flexibility index (Phi) is 4.62. The van der Waals surface area contributed by atoms with Crippen LogP contribution in [-0.4, -0.2) is 37.4 Å². The minimum Gasteiger partial charge on any atom is -0.480 e. The molecule has 0 aliphatic rings. The predicted molar refractivity (Wildman–Crippen MR) is 63.6 cm³/mol. The lowest BCUT2D eigenvalue weighted by atomic mass is 9.95. The summed E-state index contributed by atoms with van der Waals surface area (Å²) in [7, 11) is 0. The maximum atomic E-state index is 11.3. The van der Waals surface area contributed by atoms with Crippen LogP contribution in [-0.2, 0) is 11.3 Å². The van der Waals surface area contributed by atoms with Gasteiger partial charge in [0.05, 0.1) is 0 Å². The summed E-state index contributed by atoms with van der Waals surface area (Å²) in [6.07, 6.45) is 4.41. The van der Waals surface area contributed by atoms with Gasteiger partial charge in [-0.1, -0.05) is 0 Å². The number of hydrogen-bond donors (Lipinski definition) is 2. The third-order valence-electron chi connectivity index (χ3n) is 2.61. The van der Waals surface area contributed by atoms with Crippen molar-refractivity contribution in [3.63, 3.8) is 0 Å². The number of nitrogens with zero attached hydrogens (tertiary/aromatic N) is 3. The monoisotopic (exact) mass is 240 g/mol. The molecule has 17 heavy (non-hydrogen) atoms. The lowest BCUT2D eigenvalue weighted by Crippen LogP contribution is -2.52. The number of carboxylic acids is 1. The largest absolute Gasteiger partial charge is 0.480 e. The highest BCUT2D eigenvalue weighted by Crippen LogP contribution is 2.14. The van der Waals surface area contributed by atoms with E-state index in [0.717, 1.165) is 6.42 Å². The lowest BCUT2D eigenvalue weighted by Gasteiger charge is -2.28. The molecular formula is C11H20N4O2. The summed E-state index contributed by atoms with van der Waals surface area (Å²) in [4.78, 5) is 15.1. The molecule has 2 N–H and O–H groups in total. The van der Waals surface area contributed by atoms with Crippen molar-refractivity contribution in [3.8, 4) is 0 Å². The van der Waals surface area contributed by atoms with E-state index in [-0.39, 0.29) is 6.04 Å². The summed E-state index contributed by atoms with van der Waals surface area (Å²) in [5.41, 5.74) is -0.880. The van der Waals surface area contributed by atoms with Gasteiger partial charge < -0.3 is 5.11 Å². The van der Waals surface area contributed by atoms with Crippen molar-refractivity contribution in [3.05, 3.63) is 12.7 Å². The zero-order valence-electron chi connectivity index (χ0n) is 10.6. The molecule has 6 nitrogen and oxygen atoms in total. The van der Waals surface area contributed by atoms with Gasteiger partial charge in [0, 0.05) is 12.6 Å². The molecule has 1 aromatic rings. The number of aliphatic carboxylic acids is 1. The Labute approximate surface area is 101 Å². The fraction of sp³-hybridized carbons (Fsp3) is 0.727. The van der Waals surface area contributed by atoms with Crippen molar-refractivity contribution in [2.45, 2.75) is 51.7 Å². The zero-order chi connectivity index (χ0) is 12.9. The Morgan fingerprint density at radius 1 is 1.59 bits per heavy atom. The second-order valence-corrected chi connectivity index (χ2v) is 4.70. The number of aromatic nitrogens is 3. The fourth-order valence-electron chi connectivity index (χ4n) is 1.82. The molecule has 1 unspecified atom stereocenters. The van der Waals surface area contributed by atoms with Crippen LogP contribution in [0.2, 0.25) is 0 Å². The standard InChI is InChI=1S/C11H20N4O2/c1-9(2)14-11(3,10(16)17)5-4-6-15-8-12-7-13-15/h7-9,14H,4-6H2,1-3H3,(H,16,17). The smallest absolute Gasteiger partial charge is 0.323 e. The quantitative estimate of drug-likeness (QED) is 0.740. The van der Waals surface area contributed by atoms with Crippen LogP contribution >= 0.6 is 0 Å². The van der Waals surface area contributed by atoms with Crippen LogP contribution in [0.1, 0.15) is 33.6 Å². The van der Waals surface area contributed by atoms with Crippen LogP contribution < -0.4 is 5.32 Å². The average Bonchev–Trinajstić information content (AvgIpc) is 2.69. The van der Waals surface area contributed by atoms with E-state index in [0.29, 0.717) is 13.0 Å². The van der Waals surface area contributed by atoms with Crippen LogP contribution in [0.5, 0.6) is 0 Å². The molecule has 1 heterocycles. The van der Waals surface area contributed by atoms with Gasteiger partial charge in [-0.3, -0.25) is 14.8 Å². The molecular weight excluding hydrogens is 220 g/mol. The summed E-state index contributed by atoms with van der Waals surface area (Å²) in [5.74, 6) is -0.815. The molecule has 1 rings (SSSR count). The number of aryl methyl sites for hydroxylation is 1. The van der Waals surface area contributed by atoms with Gasteiger partial charge in [-0.2, -0.15) is 5.10 Å². The fourth-order valence-corrected chi connectivity index (χ4v) is 1.82. The van der Waals surface area contributed by atoms with E-state index in [1.807, 2.05) is 13.8 Å². The van der Waals surface area contributed by atoms with Crippen molar-refractivity contribution in [1.82, 2.24) is 20.1 Å². The zero-order valence-corrected chi connectivity index (χ0v) is 10.6. The van der Waals surface area contributed by atoms with E-state index in [4.69, 9.17) is 0 Å². The van der Waals surface area contributed by atoms with Crippen molar-refractivity contribution < 1.29 is 9.90 Å². The van der Waals surface area contributed by atoms with E-state index < -0.39 is 11.5 Å². The van der Waals surface area contributed by atoms with Gasteiger partial charge in [-0.15, -0.1) is 0 Å². The number of carboxylic acid groups (broad SMARTS) is 1. The summed E-state index contributed by atoms with van der Waals surface area (Å²) < 4.78 is 1.71. The van der Waals surface area contributed by atoms with Crippen LogP contribution in [0.3, 0.4) is 0 Å². The summed E-state index contributed by atoms with van der Waals surface area (Å²) in [5, 5.41) is 16.3. The second kappa shape index (κ2) is 5.77. The van der Waals surface area contributed by atoms with Crippen molar-refractivity contribution in [2.75, 3.05) is 0 Å². The third-order valence-corrected chi connectivity index (χ3v) is 2.61. The van der Waals surface area contributed by atoms with Gasteiger partial charge in [0.25, 0.3) is 0 Å². The second-order valence-electron chi connectivity index (χ2n) is 4.70. The molecule has 0 saturated carbocycles. The SMILES string of the molecule is CC(C)NC(C)(CCCn1cncn1)C(=O)O. The lowest BCUT2D eigenvalue weighted by molar-refractivity contribution is -0.144. The average molecular weight is 240 g/mol. The topological polar surface area (TPSA) is 80.0 Å². The van der Waals surface area contributed by atoms with Gasteiger partial charge in [-0.25, -0.2) is 4.98 Å². The highest BCUT2D eigenvalue weighted by Gasteiger charge is 2.32. The Morgan fingerprint density at radius 3 is 2.76 bits per heavy atom. The maximum absolute atomic E-state index is 11.3. The van der Waals surface area contributed by atoms with E-state index >= 15 is 0 Å². The van der Waals surface area contributed by atoms with Gasteiger partial charge in [0.1, 0.15) is 18.2 Å². The molecule has 0 amide bonds. The highest BCUT2D eigenvalue weighted by atomic mass is 16.4. The number of hydrogen-bond acceptors (Lipinski definition) is 4. The van der Waals surface area contributed by atoms with E-state index in [1.54, 1.807) is 17.9 Å². The van der Waals surface area contributed by atoms with E-state index in [9.17, 15) is 9.90 Å². The molecule has 1 atom stereocenters. The van der Waals surface area contributed by atoms with E-state index in [1.165, 1.54) is 6.33 Å². The van der Waals surface area contributed by atoms with Gasteiger partial charge in [0.15, 0.2) is 0 Å². The number of carbonyl (C=O) groups is 1. The highest BCUT2D eigenvalue weighted by molar-refractivity contribution is 5.78. The van der Waals surface area contributed by atoms with Crippen LogP contribution in [0.15, 0.2) is 12.7 Å². The molecule has 6 heteroatoms. The summed E-state index contributed by atoms with van der Waals surface area (Å²) in [6, 6.07) is 0.141. The first-order valence-electron chi connectivity index (χ1n) is 5.77. The predicted octanol–water partition coefficient (Wildman–Crippen LogP) is 0.900. The Balaban J connectivity index is 2.47. The van der Waals surface area contributed by atoms with Crippen LogP contribution in [0, 0.1) is 0 Å². The maximum Gasteiger partial charge on any atom is 0.323 e. The Bertz CT molecular complexity index is 350. The minimum atomic E-state index is -0.880. The molecule has 0 radical (unpaired) electrons. The van der Waals surface area contributed by atoms with Crippen LogP contribution in [0.25, 0.3) is 0 Å². The van der Waals surface area contributed by atoms with Gasteiger partial charge >= 0.3 is 5.97 Å². The Morgan fingerprint density at radius 2 is 2.29 bits per heavy atom. The summed E-state index contributed by atoms with van der Waals surface area (Å²) >= 11 is 0. The van der Waals surface area contributed by atoms with Crippen molar-refractivity contribution in [2.24, 2.45) is 0 Å². The van der Waals surface area contributed by atoms with Gasteiger partial charge in [0.2, 0.25) is 0 Å². The molecule has 96 valence electrons. The first kappa shape index (κ1) is 13.6. The first-order valence-corrected chi connectivity index (χ1v) is 5.77. The minimum absolute atomic E-state index is 0.141. The van der Waals surface area contributed by atoms with E-state index in [2.05, 4.69) is 15.4 Å². The van der Waals surface area contributed by atoms with Crippen molar-refractivity contribution >= 4 is 5.97 Å². The Hall–Kier alpha value is -1.43. The third kappa shape index (κ3) is 4.14. The van der Waals surface area contributed by atoms with Gasteiger partial charge in [-0.05, 0) is 33.6 Å². The molecule has 0 fully saturated rings. The van der Waals surface area contributed by atoms with Crippen LogP contribution in [0.4, 0.5) is 0 Å². The molecule has 0 aliphatic carbocycles. The molecule has 1 aromatic heterocycles. The molecule has 0 aromatic carbocycles. The molecule has 0 bridgehead atoms. The first-order chi connectivity index (χ1) is 7.94. The number of nitrogens with one attached hydrogen (secondary N) is 1. The van der Waals surface area contributed by atoms with Crippen molar-refractivity contribution in [1.29, 1.82) is 0 Å². The molecule has 0 spiro atoms. The molecule has 0 aliphatic heterocycles. The molecule has 0 saturated heterocycles.